The predicted octanol–water partition coefficient (Wildman–Crippen LogP) is 2.87. The Bertz CT molecular complexity index is 1000. The van der Waals surface area contributed by atoms with Crippen molar-refractivity contribution in [3.05, 3.63) is 68.3 Å². The fourth-order valence-electron chi connectivity index (χ4n) is 2.87. The topological polar surface area (TPSA) is 133 Å². The van der Waals surface area contributed by atoms with Crippen molar-refractivity contribution in [3.8, 4) is 5.75 Å². The van der Waals surface area contributed by atoms with Gasteiger partial charge >= 0.3 is 5.69 Å². The second-order valence-corrected chi connectivity index (χ2v) is 8.15. The highest BCUT2D eigenvalue weighted by Crippen LogP contribution is 2.32. The van der Waals surface area contributed by atoms with E-state index in [0.717, 1.165) is 18.9 Å². The van der Waals surface area contributed by atoms with E-state index in [1.54, 1.807) is 0 Å². The molecular weight excluding hydrogens is 390 g/mol. The molecule has 0 N–H and O–H groups in total. The maximum absolute atomic E-state index is 12.6. The third-order valence-corrected chi connectivity index (χ3v) is 6.27. The summed E-state index contributed by atoms with van der Waals surface area (Å²) in [7, 11) is -3.78. The first-order valence-corrected chi connectivity index (χ1v) is 9.88. The molecule has 3 rings (SSSR count). The molecule has 1 fully saturated rings. The third kappa shape index (κ3) is 4.10. The first-order valence-electron chi connectivity index (χ1n) is 8.44. The Balaban J connectivity index is 1.81. The maximum atomic E-state index is 12.6. The van der Waals surface area contributed by atoms with Crippen LogP contribution in [0.2, 0.25) is 0 Å². The lowest BCUT2D eigenvalue weighted by Crippen LogP contribution is -2.27. The van der Waals surface area contributed by atoms with Gasteiger partial charge in [0.25, 0.3) is 5.69 Å². The zero-order valence-electron chi connectivity index (χ0n) is 14.7. The Morgan fingerprint density at radius 3 is 2.18 bits per heavy atom. The number of nitro groups is 2. The molecule has 0 bridgehead atoms. The molecule has 1 heterocycles. The molecule has 0 amide bonds. The van der Waals surface area contributed by atoms with Gasteiger partial charge in [-0.15, -0.1) is 0 Å². The molecule has 0 aromatic heterocycles. The van der Waals surface area contributed by atoms with Gasteiger partial charge in [0.05, 0.1) is 14.7 Å². The largest absolute Gasteiger partial charge is 0.482 e. The molecule has 1 aliphatic heterocycles. The molecule has 1 saturated heterocycles. The molecule has 0 atom stereocenters. The Kier molecular flexibility index (Phi) is 5.56. The molecule has 0 unspecified atom stereocenters. The summed E-state index contributed by atoms with van der Waals surface area (Å²) >= 11 is 0. The number of non-ortho nitro benzene ring substituents is 1. The Morgan fingerprint density at radius 1 is 0.964 bits per heavy atom. The number of benzene rings is 2. The van der Waals surface area contributed by atoms with Crippen molar-refractivity contribution in [2.45, 2.75) is 24.3 Å². The molecular formula is C17H17N3O7S. The van der Waals surface area contributed by atoms with Crippen LogP contribution in [0.1, 0.15) is 18.4 Å². The summed E-state index contributed by atoms with van der Waals surface area (Å²) in [6.07, 6.45) is 1.52. The van der Waals surface area contributed by atoms with Crippen LogP contribution in [0.3, 0.4) is 0 Å². The minimum atomic E-state index is -3.78. The zero-order chi connectivity index (χ0) is 20.3. The number of hydrogen-bond donors (Lipinski definition) is 0. The standard InChI is InChI=1S/C17H17N3O7S/c21-19(22)14-5-3-13(4-6-14)12-27-17-8-7-15(11-16(17)20(23)24)28(25,26)18-9-1-2-10-18/h3-8,11H,1-2,9-10,12H2. The number of nitro benzene ring substituents is 2. The van der Waals surface area contributed by atoms with E-state index < -0.39 is 25.6 Å². The van der Waals surface area contributed by atoms with E-state index in [1.807, 2.05) is 0 Å². The highest BCUT2D eigenvalue weighted by Gasteiger charge is 2.29. The summed E-state index contributed by atoms with van der Waals surface area (Å²) in [5, 5.41) is 22.1. The summed E-state index contributed by atoms with van der Waals surface area (Å²) in [4.78, 5) is 20.7. The average Bonchev–Trinajstić information content (AvgIpc) is 3.22. The van der Waals surface area contributed by atoms with Gasteiger partial charge in [0.15, 0.2) is 5.75 Å². The van der Waals surface area contributed by atoms with Gasteiger partial charge in [0.1, 0.15) is 6.61 Å². The van der Waals surface area contributed by atoms with Crippen molar-refractivity contribution >= 4 is 21.4 Å². The Hall–Kier alpha value is -3.05. The first kappa shape index (κ1) is 19.7. The van der Waals surface area contributed by atoms with Crippen LogP contribution in [0, 0.1) is 20.2 Å². The van der Waals surface area contributed by atoms with Crippen molar-refractivity contribution in [1.29, 1.82) is 0 Å². The van der Waals surface area contributed by atoms with Crippen LogP contribution in [-0.2, 0) is 16.6 Å². The molecule has 10 nitrogen and oxygen atoms in total. The van der Waals surface area contributed by atoms with Crippen LogP contribution in [0.15, 0.2) is 47.4 Å². The minimum absolute atomic E-state index is 0.0585. The monoisotopic (exact) mass is 407 g/mol. The lowest BCUT2D eigenvalue weighted by Gasteiger charge is -2.16. The third-order valence-electron chi connectivity index (χ3n) is 4.37. The summed E-state index contributed by atoms with van der Waals surface area (Å²) < 4.78 is 32.0. The highest BCUT2D eigenvalue weighted by atomic mass is 32.2. The maximum Gasteiger partial charge on any atom is 0.312 e. The van der Waals surface area contributed by atoms with Crippen molar-refractivity contribution in [1.82, 2.24) is 4.31 Å². The van der Waals surface area contributed by atoms with E-state index in [2.05, 4.69) is 0 Å². The number of sulfonamides is 1. The molecule has 0 saturated carbocycles. The lowest BCUT2D eigenvalue weighted by molar-refractivity contribution is -0.386. The Morgan fingerprint density at radius 2 is 1.61 bits per heavy atom. The number of hydrogen-bond acceptors (Lipinski definition) is 7. The second kappa shape index (κ2) is 7.90. The SMILES string of the molecule is O=[N+]([O-])c1ccc(COc2ccc(S(=O)(=O)N3CCCC3)cc2[N+](=O)[O-])cc1. The minimum Gasteiger partial charge on any atom is -0.482 e. The average molecular weight is 407 g/mol. The quantitative estimate of drug-likeness (QED) is 0.509. The van der Waals surface area contributed by atoms with Crippen LogP contribution in [-0.4, -0.2) is 35.7 Å². The Labute approximate surface area is 160 Å². The van der Waals surface area contributed by atoms with Crippen molar-refractivity contribution in [3.63, 3.8) is 0 Å². The van der Waals surface area contributed by atoms with Crippen molar-refractivity contribution < 1.29 is 23.0 Å². The zero-order valence-corrected chi connectivity index (χ0v) is 15.5. The van der Waals surface area contributed by atoms with Gasteiger partial charge in [0, 0.05) is 31.3 Å². The van der Waals surface area contributed by atoms with Gasteiger partial charge in [-0.3, -0.25) is 20.2 Å². The normalized spacial score (nSPS) is 14.7. The predicted molar refractivity (Wildman–Crippen MR) is 98.5 cm³/mol. The van der Waals surface area contributed by atoms with Gasteiger partial charge in [-0.2, -0.15) is 4.31 Å². The molecule has 148 valence electrons. The molecule has 11 heteroatoms. The fourth-order valence-corrected chi connectivity index (χ4v) is 4.41. The molecule has 2 aromatic carbocycles. The van der Waals surface area contributed by atoms with E-state index in [1.165, 1.54) is 40.7 Å². The number of rotatable bonds is 7. The van der Waals surface area contributed by atoms with Crippen LogP contribution in [0.25, 0.3) is 0 Å². The summed E-state index contributed by atoms with van der Waals surface area (Å²) in [5.74, 6) is -0.0799. The van der Waals surface area contributed by atoms with E-state index in [0.29, 0.717) is 18.7 Å². The molecule has 0 aliphatic carbocycles. The van der Waals surface area contributed by atoms with Crippen molar-refractivity contribution in [2.24, 2.45) is 0 Å². The summed E-state index contributed by atoms with van der Waals surface area (Å²) in [5.41, 5.74) is 0.0436. The highest BCUT2D eigenvalue weighted by molar-refractivity contribution is 7.89. The van der Waals surface area contributed by atoms with Crippen LogP contribution < -0.4 is 4.74 Å². The van der Waals surface area contributed by atoms with E-state index in [9.17, 15) is 28.6 Å². The van der Waals surface area contributed by atoms with Gasteiger partial charge < -0.3 is 4.74 Å². The van der Waals surface area contributed by atoms with E-state index in [4.69, 9.17) is 4.74 Å². The molecule has 1 aliphatic rings. The van der Waals surface area contributed by atoms with Crippen LogP contribution >= 0.6 is 0 Å². The molecule has 2 aromatic rings. The second-order valence-electron chi connectivity index (χ2n) is 6.21. The smallest absolute Gasteiger partial charge is 0.312 e. The summed E-state index contributed by atoms with van der Waals surface area (Å²) in [6, 6.07) is 9.11. The first-order chi connectivity index (χ1) is 13.3. The lowest BCUT2D eigenvalue weighted by atomic mass is 10.2. The molecule has 28 heavy (non-hydrogen) atoms. The molecule has 0 spiro atoms. The number of nitrogens with zero attached hydrogens (tertiary/aromatic N) is 3. The van der Waals surface area contributed by atoms with Gasteiger partial charge in [-0.25, -0.2) is 8.42 Å². The fraction of sp³-hybridized carbons (Fsp3) is 0.294. The van der Waals surface area contributed by atoms with E-state index >= 15 is 0 Å². The number of ether oxygens (including phenoxy) is 1. The van der Waals surface area contributed by atoms with Crippen LogP contribution in [0.5, 0.6) is 5.75 Å². The van der Waals surface area contributed by atoms with Gasteiger partial charge in [-0.05, 0) is 42.7 Å². The van der Waals surface area contributed by atoms with Crippen LogP contribution in [0.4, 0.5) is 11.4 Å². The van der Waals surface area contributed by atoms with Gasteiger partial charge in [-0.1, -0.05) is 0 Å². The van der Waals surface area contributed by atoms with Crippen molar-refractivity contribution in [2.75, 3.05) is 13.1 Å². The van der Waals surface area contributed by atoms with Gasteiger partial charge in [0.2, 0.25) is 10.0 Å². The van der Waals surface area contributed by atoms with E-state index in [-0.39, 0.29) is 22.9 Å². The molecule has 0 radical (unpaired) electrons. The summed E-state index contributed by atoms with van der Waals surface area (Å²) in [6.45, 7) is 0.736.